The van der Waals surface area contributed by atoms with Gasteiger partial charge in [0.25, 0.3) is 10.0 Å². The molecule has 0 spiro atoms. The van der Waals surface area contributed by atoms with Crippen molar-refractivity contribution in [1.82, 2.24) is 4.31 Å². The molecule has 1 unspecified atom stereocenters. The predicted octanol–water partition coefficient (Wildman–Crippen LogP) is 3.66. The van der Waals surface area contributed by atoms with Crippen molar-refractivity contribution in [1.29, 1.82) is 0 Å². The molecule has 0 radical (unpaired) electrons. The fraction of sp³-hybridized carbons (Fsp3) is 0.174. The first-order valence-corrected chi connectivity index (χ1v) is 11.6. The van der Waals surface area contributed by atoms with Crippen molar-refractivity contribution in [3.63, 3.8) is 0 Å². The van der Waals surface area contributed by atoms with Crippen LogP contribution in [0.15, 0.2) is 64.9 Å². The summed E-state index contributed by atoms with van der Waals surface area (Å²) in [6, 6.07) is 17.1. The minimum absolute atomic E-state index is 0.0394. The van der Waals surface area contributed by atoms with E-state index in [0.717, 1.165) is 37.9 Å². The van der Waals surface area contributed by atoms with Crippen LogP contribution in [0.4, 0.5) is 0 Å². The van der Waals surface area contributed by atoms with Crippen LogP contribution in [0, 0.1) is 18.8 Å². The molecular formula is C23H19NO4S2. The molecule has 0 saturated carbocycles. The highest BCUT2D eigenvalue weighted by Crippen LogP contribution is 2.32. The molecule has 3 aromatic rings. The summed E-state index contributed by atoms with van der Waals surface area (Å²) in [7, 11) is -3.96. The Morgan fingerprint density at radius 3 is 2.43 bits per heavy atom. The number of aryl methyl sites for hydroxylation is 1. The van der Waals surface area contributed by atoms with Crippen molar-refractivity contribution < 1.29 is 18.3 Å². The number of benzene rings is 2. The zero-order valence-electron chi connectivity index (χ0n) is 16.2. The molecule has 152 valence electrons. The molecule has 0 amide bonds. The van der Waals surface area contributed by atoms with Crippen LogP contribution in [0.2, 0.25) is 0 Å². The van der Waals surface area contributed by atoms with E-state index in [4.69, 9.17) is 0 Å². The maximum Gasteiger partial charge on any atom is 0.322 e. The van der Waals surface area contributed by atoms with Gasteiger partial charge < -0.3 is 5.11 Å². The molecule has 2 heterocycles. The van der Waals surface area contributed by atoms with Gasteiger partial charge in [-0.15, -0.1) is 11.3 Å². The first kappa shape index (κ1) is 20.4. The second-order valence-electron chi connectivity index (χ2n) is 7.11. The number of thiophene rings is 1. The van der Waals surface area contributed by atoms with Crippen LogP contribution in [-0.4, -0.2) is 29.8 Å². The smallest absolute Gasteiger partial charge is 0.322 e. The van der Waals surface area contributed by atoms with Crippen molar-refractivity contribution in [3.05, 3.63) is 87.8 Å². The molecule has 0 aliphatic carbocycles. The third kappa shape index (κ3) is 4.03. The van der Waals surface area contributed by atoms with Gasteiger partial charge in [-0.25, -0.2) is 8.42 Å². The molecule has 1 atom stereocenters. The van der Waals surface area contributed by atoms with Gasteiger partial charge in [0, 0.05) is 18.5 Å². The van der Waals surface area contributed by atoms with Crippen molar-refractivity contribution in [2.75, 3.05) is 0 Å². The molecule has 0 bridgehead atoms. The molecule has 4 rings (SSSR count). The van der Waals surface area contributed by atoms with Crippen LogP contribution >= 0.6 is 11.3 Å². The Morgan fingerprint density at radius 2 is 1.73 bits per heavy atom. The maximum atomic E-state index is 13.3. The predicted molar refractivity (Wildman–Crippen MR) is 116 cm³/mol. The Hall–Kier alpha value is -2.92. The first-order chi connectivity index (χ1) is 14.3. The third-order valence-corrected chi connectivity index (χ3v) is 8.34. The maximum absolute atomic E-state index is 13.3. The van der Waals surface area contributed by atoms with Crippen LogP contribution in [0.3, 0.4) is 0 Å². The summed E-state index contributed by atoms with van der Waals surface area (Å²) in [4.78, 5) is 12.4. The molecule has 30 heavy (non-hydrogen) atoms. The van der Waals surface area contributed by atoms with E-state index in [1.165, 1.54) is 6.07 Å². The minimum atomic E-state index is -3.96. The quantitative estimate of drug-likeness (QED) is 0.635. The van der Waals surface area contributed by atoms with Crippen LogP contribution in [-0.2, 0) is 27.8 Å². The SMILES string of the molecule is Cc1ccc(C#Cc2ccc(S(=O)(=O)N3Cc4ccccc4CC3C(=O)O)s2)cc1. The monoisotopic (exact) mass is 437 g/mol. The summed E-state index contributed by atoms with van der Waals surface area (Å²) in [5, 5.41) is 9.65. The Bertz CT molecular complexity index is 1260. The summed E-state index contributed by atoms with van der Waals surface area (Å²) in [6.07, 6.45) is 0.149. The number of fused-ring (bicyclic) bond motifs is 1. The fourth-order valence-corrected chi connectivity index (χ4v) is 6.22. The Kier molecular flexibility index (Phi) is 5.48. The largest absolute Gasteiger partial charge is 0.480 e. The number of carbonyl (C=O) groups is 1. The average molecular weight is 438 g/mol. The molecule has 0 saturated heterocycles. The highest BCUT2D eigenvalue weighted by atomic mass is 32.2. The highest BCUT2D eigenvalue weighted by molar-refractivity contribution is 7.91. The van der Waals surface area contributed by atoms with E-state index in [2.05, 4.69) is 11.8 Å². The third-order valence-electron chi connectivity index (χ3n) is 5.02. The van der Waals surface area contributed by atoms with E-state index in [-0.39, 0.29) is 17.2 Å². The lowest BCUT2D eigenvalue weighted by Gasteiger charge is -2.33. The first-order valence-electron chi connectivity index (χ1n) is 9.34. The lowest BCUT2D eigenvalue weighted by atomic mass is 9.96. The van der Waals surface area contributed by atoms with Crippen LogP contribution < -0.4 is 0 Å². The lowest BCUT2D eigenvalue weighted by molar-refractivity contribution is -0.141. The lowest BCUT2D eigenvalue weighted by Crippen LogP contribution is -2.48. The fourth-order valence-electron chi connectivity index (χ4n) is 3.37. The van der Waals surface area contributed by atoms with Gasteiger partial charge in [0.2, 0.25) is 0 Å². The molecule has 7 heteroatoms. The van der Waals surface area contributed by atoms with E-state index in [0.29, 0.717) is 4.88 Å². The summed E-state index contributed by atoms with van der Waals surface area (Å²) >= 11 is 1.05. The summed E-state index contributed by atoms with van der Waals surface area (Å²) in [5.41, 5.74) is 3.68. The van der Waals surface area contributed by atoms with Gasteiger partial charge >= 0.3 is 5.97 Å². The second kappa shape index (κ2) is 8.07. The van der Waals surface area contributed by atoms with Crippen molar-refractivity contribution in [2.45, 2.75) is 30.1 Å². The number of sulfonamides is 1. The zero-order chi connectivity index (χ0) is 21.3. The molecule has 2 aromatic carbocycles. The van der Waals surface area contributed by atoms with E-state index >= 15 is 0 Å². The normalized spacial score (nSPS) is 16.4. The molecule has 1 aliphatic heterocycles. The number of nitrogens with zero attached hydrogens (tertiary/aromatic N) is 1. The Morgan fingerprint density at radius 1 is 1.03 bits per heavy atom. The van der Waals surface area contributed by atoms with Gasteiger partial charge in [-0.05, 0) is 42.3 Å². The van der Waals surface area contributed by atoms with Gasteiger partial charge in [-0.2, -0.15) is 4.31 Å². The molecule has 0 fully saturated rings. The minimum Gasteiger partial charge on any atom is -0.480 e. The van der Waals surface area contributed by atoms with Crippen molar-refractivity contribution in [2.24, 2.45) is 0 Å². The van der Waals surface area contributed by atoms with Crippen molar-refractivity contribution >= 4 is 27.3 Å². The average Bonchev–Trinajstić information content (AvgIpc) is 3.22. The zero-order valence-corrected chi connectivity index (χ0v) is 17.8. The number of hydrogen-bond donors (Lipinski definition) is 1. The summed E-state index contributed by atoms with van der Waals surface area (Å²) in [5.74, 6) is 4.88. The molecular weight excluding hydrogens is 418 g/mol. The second-order valence-corrected chi connectivity index (χ2v) is 10.3. The number of carboxylic acids is 1. The van der Waals surface area contributed by atoms with Crippen LogP contribution in [0.5, 0.6) is 0 Å². The molecule has 1 aliphatic rings. The summed E-state index contributed by atoms with van der Waals surface area (Å²) in [6.45, 7) is 2.04. The Balaban J connectivity index is 1.64. The van der Waals surface area contributed by atoms with E-state index in [1.54, 1.807) is 6.07 Å². The van der Waals surface area contributed by atoms with Crippen LogP contribution in [0.1, 0.15) is 27.1 Å². The highest BCUT2D eigenvalue weighted by Gasteiger charge is 2.40. The molecule has 1 N–H and O–H groups in total. The molecule has 1 aromatic heterocycles. The van der Waals surface area contributed by atoms with Gasteiger partial charge in [0.1, 0.15) is 10.3 Å². The van der Waals surface area contributed by atoms with Crippen LogP contribution in [0.25, 0.3) is 0 Å². The van der Waals surface area contributed by atoms with Gasteiger partial charge in [-0.3, -0.25) is 4.79 Å². The number of hydrogen-bond acceptors (Lipinski definition) is 4. The van der Waals surface area contributed by atoms with Gasteiger partial charge in [-0.1, -0.05) is 53.8 Å². The van der Waals surface area contributed by atoms with E-state index in [9.17, 15) is 18.3 Å². The van der Waals surface area contributed by atoms with Crippen molar-refractivity contribution in [3.8, 4) is 11.8 Å². The summed E-state index contributed by atoms with van der Waals surface area (Å²) < 4.78 is 27.7. The standard InChI is InChI=1S/C23H19NO4S2/c1-16-6-8-17(9-7-16)10-11-20-12-13-22(29-20)30(27,28)24-15-19-5-3-2-4-18(19)14-21(24)23(25)26/h2-9,12-13,21H,14-15H2,1H3,(H,25,26). The number of aliphatic carboxylic acids is 1. The van der Waals surface area contributed by atoms with Gasteiger partial charge in [0.05, 0.1) is 4.88 Å². The van der Waals surface area contributed by atoms with E-state index in [1.807, 2.05) is 55.5 Å². The topological polar surface area (TPSA) is 74.7 Å². The van der Waals surface area contributed by atoms with E-state index < -0.39 is 22.0 Å². The number of carboxylic acid groups (broad SMARTS) is 1. The van der Waals surface area contributed by atoms with Gasteiger partial charge in [0.15, 0.2) is 0 Å². The number of rotatable bonds is 3. The Labute approximate surface area is 179 Å². The molecule has 5 nitrogen and oxygen atoms in total.